The molecule has 3 aliphatic rings. The Morgan fingerprint density at radius 2 is 2.16 bits per heavy atom. The molecular weight excluding hydrogens is 340 g/mol. The van der Waals surface area contributed by atoms with E-state index in [1.54, 1.807) is 20.4 Å². The van der Waals surface area contributed by atoms with Crippen LogP contribution in [-0.4, -0.2) is 35.6 Å². The van der Waals surface area contributed by atoms with Crippen molar-refractivity contribution in [1.29, 1.82) is 0 Å². The molecule has 3 heterocycles. The van der Waals surface area contributed by atoms with E-state index in [0.717, 1.165) is 47.2 Å². The average Bonchev–Trinajstić information content (AvgIpc) is 2.98. The molecule has 0 fully saturated rings. The first kappa shape index (κ1) is 17.7. The summed E-state index contributed by atoms with van der Waals surface area (Å²) in [6, 6.07) is 0. The molecule has 7 heteroatoms. The minimum absolute atomic E-state index is 0. The fraction of sp³-hybridized carbons (Fsp3) is 0.333. The lowest BCUT2D eigenvalue weighted by Gasteiger charge is -2.34. The lowest BCUT2D eigenvalue weighted by molar-refractivity contribution is -0.962. The third-order valence-electron chi connectivity index (χ3n) is 4.70. The van der Waals surface area contributed by atoms with Crippen LogP contribution in [-0.2, 0) is 9.57 Å². The first-order valence-corrected chi connectivity index (χ1v) is 8.19. The molecule has 132 valence electrons. The van der Waals surface area contributed by atoms with E-state index in [1.807, 2.05) is 6.20 Å². The zero-order valence-electron chi connectivity index (χ0n) is 14.6. The van der Waals surface area contributed by atoms with Crippen LogP contribution < -0.4 is 15.8 Å². The van der Waals surface area contributed by atoms with E-state index in [4.69, 9.17) is 9.57 Å². The van der Waals surface area contributed by atoms with E-state index < -0.39 is 0 Å². The molecule has 2 aliphatic heterocycles. The zero-order valence-corrected chi connectivity index (χ0v) is 15.4. The minimum Gasteiger partial charge on any atom is -0.452 e. The minimum atomic E-state index is 0. The van der Waals surface area contributed by atoms with Crippen LogP contribution in [0.3, 0.4) is 0 Å². The van der Waals surface area contributed by atoms with Crippen molar-refractivity contribution in [2.75, 3.05) is 26.1 Å². The molecule has 4 rings (SSSR count). The summed E-state index contributed by atoms with van der Waals surface area (Å²) in [5, 5.41) is 13.8. The highest BCUT2D eigenvalue weighted by Gasteiger charge is 2.49. The van der Waals surface area contributed by atoms with Gasteiger partial charge < -0.3 is 10.1 Å². The molecular formula is C18H22ClN4O2+. The second-order valence-corrected chi connectivity index (χ2v) is 5.94. The number of aromatic nitrogens is 2. The molecule has 1 atom stereocenters. The van der Waals surface area contributed by atoms with Crippen LogP contribution in [0.2, 0.25) is 0 Å². The van der Waals surface area contributed by atoms with Crippen molar-refractivity contribution in [2.24, 2.45) is 0 Å². The van der Waals surface area contributed by atoms with Gasteiger partial charge in [0.15, 0.2) is 17.7 Å². The Hall–Kier alpha value is -2.15. The third-order valence-corrected chi connectivity index (χ3v) is 4.70. The van der Waals surface area contributed by atoms with Gasteiger partial charge in [-0.3, -0.25) is 0 Å². The highest BCUT2D eigenvalue weighted by molar-refractivity contribution is 5.85. The Balaban J connectivity index is 0.00000182. The Labute approximate surface area is 152 Å². The van der Waals surface area contributed by atoms with Gasteiger partial charge >= 0.3 is 5.88 Å². The summed E-state index contributed by atoms with van der Waals surface area (Å²) in [6.45, 7) is 2.83. The van der Waals surface area contributed by atoms with Gasteiger partial charge in [0.05, 0.1) is 30.9 Å². The highest BCUT2D eigenvalue weighted by atomic mass is 35.5. The number of hydrogen-bond donors (Lipinski definition) is 1. The number of ether oxygens (including phenoxy) is 1. The van der Waals surface area contributed by atoms with Gasteiger partial charge in [-0.2, -0.15) is 9.94 Å². The summed E-state index contributed by atoms with van der Waals surface area (Å²) in [5.74, 6) is 1.53. The number of hydrogen-bond acceptors (Lipinski definition) is 5. The molecule has 0 bridgehead atoms. The molecule has 0 radical (unpaired) electrons. The Kier molecular flexibility index (Phi) is 4.69. The van der Waals surface area contributed by atoms with Crippen LogP contribution in [0, 0.1) is 0 Å². The second kappa shape index (κ2) is 6.63. The van der Waals surface area contributed by atoms with Crippen molar-refractivity contribution in [3.63, 3.8) is 0 Å². The van der Waals surface area contributed by atoms with Crippen molar-refractivity contribution in [3.8, 4) is 0 Å². The summed E-state index contributed by atoms with van der Waals surface area (Å²) in [7, 11) is 3.38. The average molecular weight is 362 g/mol. The smallest absolute Gasteiger partial charge is 0.335 e. The molecule has 0 saturated heterocycles. The number of methoxy groups -OCH3 is 1. The van der Waals surface area contributed by atoms with E-state index in [1.165, 1.54) is 11.1 Å². The topological polar surface area (TPSA) is 56.3 Å². The monoisotopic (exact) mass is 361 g/mol. The SMILES string of the molecule is CCNc1nncc2c1=C1C3=C(C=C(OC)[N+]1(OC)C=2)CCC=C3.Cl. The molecule has 1 aromatic heterocycles. The zero-order chi connectivity index (χ0) is 16.7. The Morgan fingerprint density at radius 1 is 1.32 bits per heavy atom. The van der Waals surface area contributed by atoms with Crippen LogP contribution in [0.4, 0.5) is 5.82 Å². The predicted octanol–water partition coefficient (Wildman–Crippen LogP) is 1.72. The lowest BCUT2D eigenvalue weighted by atomic mass is 9.91. The largest absolute Gasteiger partial charge is 0.452 e. The van der Waals surface area contributed by atoms with E-state index in [-0.39, 0.29) is 17.1 Å². The number of quaternary nitrogens is 1. The quantitative estimate of drug-likeness (QED) is 0.827. The molecule has 1 aromatic rings. The highest BCUT2D eigenvalue weighted by Crippen LogP contribution is 2.43. The van der Waals surface area contributed by atoms with Gasteiger partial charge in [0.2, 0.25) is 0 Å². The molecule has 0 saturated carbocycles. The molecule has 25 heavy (non-hydrogen) atoms. The van der Waals surface area contributed by atoms with Gasteiger partial charge in [-0.1, -0.05) is 16.8 Å². The fourth-order valence-corrected chi connectivity index (χ4v) is 3.69. The maximum Gasteiger partial charge on any atom is 0.335 e. The van der Waals surface area contributed by atoms with Crippen LogP contribution in [0.1, 0.15) is 19.8 Å². The number of hydroxylamine groups is 3. The second-order valence-electron chi connectivity index (χ2n) is 5.94. The van der Waals surface area contributed by atoms with E-state index >= 15 is 0 Å². The van der Waals surface area contributed by atoms with E-state index in [2.05, 4.69) is 40.7 Å². The number of halogens is 1. The maximum atomic E-state index is 5.97. The Morgan fingerprint density at radius 3 is 2.88 bits per heavy atom. The summed E-state index contributed by atoms with van der Waals surface area (Å²) in [6.07, 6.45) is 12.3. The number of allylic oxidation sites excluding steroid dienone is 3. The van der Waals surface area contributed by atoms with Gasteiger partial charge in [-0.15, -0.1) is 17.5 Å². The predicted molar refractivity (Wildman–Crippen MR) is 98.3 cm³/mol. The van der Waals surface area contributed by atoms with Crippen LogP contribution in [0.5, 0.6) is 0 Å². The van der Waals surface area contributed by atoms with Crippen LogP contribution in [0.15, 0.2) is 41.5 Å². The number of rotatable bonds is 4. The number of fused-ring (bicyclic) bond motifs is 3. The lowest BCUT2D eigenvalue weighted by Crippen LogP contribution is -2.42. The molecule has 0 aromatic carbocycles. The third kappa shape index (κ3) is 2.40. The van der Waals surface area contributed by atoms with Crippen molar-refractivity contribution in [1.82, 2.24) is 10.2 Å². The summed E-state index contributed by atoms with van der Waals surface area (Å²) in [4.78, 5) is 5.97. The van der Waals surface area contributed by atoms with Gasteiger partial charge in [0, 0.05) is 18.2 Å². The number of nitrogens with one attached hydrogen (secondary N) is 1. The maximum absolute atomic E-state index is 5.97. The Bertz CT molecular complexity index is 919. The van der Waals surface area contributed by atoms with E-state index in [0.29, 0.717) is 0 Å². The molecule has 6 nitrogen and oxygen atoms in total. The normalized spacial score (nSPS) is 23.0. The van der Waals surface area contributed by atoms with Crippen LogP contribution in [0.25, 0.3) is 11.9 Å². The molecule has 0 amide bonds. The number of nitrogens with zero attached hydrogens (tertiary/aromatic N) is 3. The number of anilines is 1. The summed E-state index contributed by atoms with van der Waals surface area (Å²) >= 11 is 0. The van der Waals surface area contributed by atoms with Crippen molar-refractivity contribution < 1.29 is 14.2 Å². The van der Waals surface area contributed by atoms with Crippen LogP contribution >= 0.6 is 12.4 Å². The van der Waals surface area contributed by atoms with Gasteiger partial charge in [0.1, 0.15) is 0 Å². The summed E-state index contributed by atoms with van der Waals surface area (Å²) in [5.41, 5.74) is 3.50. The molecule has 1 unspecified atom stereocenters. The van der Waals surface area contributed by atoms with Crippen molar-refractivity contribution in [3.05, 3.63) is 51.9 Å². The molecule has 0 spiro atoms. The van der Waals surface area contributed by atoms with Crippen molar-refractivity contribution in [2.45, 2.75) is 19.8 Å². The standard InChI is InChI=1S/C18H21N4O2.ClH/c1-4-19-18-16-13(10-20-21-18)11-22(24-3)15(23-2)9-12-7-5-6-8-14(12)17(16)22;/h6,8-11H,4-5,7H2,1-3H3,(H,19,21);1H/q+1;. The van der Waals surface area contributed by atoms with Gasteiger partial charge in [0.25, 0.3) is 0 Å². The van der Waals surface area contributed by atoms with Gasteiger partial charge in [-0.05, 0) is 25.3 Å². The molecule has 1 N–H and O–H groups in total. The first-order chi connectivity index (χ1) is 11.7. The fourth-order valence-electron chi connectivity index (χ4n) is 3.69. The van der Waals surface area contributed by atoms with E-state index in [9.17, 15) is 0 Å². The van der Waals surface area contributed by atoms with Crippen molar-refractivity contribution >= 4 is 30.1 Å². The molecule has 1 aliphatic carbocycles. The van der Waals surface area contributed by atoms with Gasteiger partial charge in [-0.25, -0.2) is 0 Å². The summed E-state index contributed by atoms with van der Waals surface area (Å²) < 4.78 is 5.81. The first-order valence-electron chi connectivity index (χ1n) is 8.19.